The monoisotopic (exact) mass is 165 g/mol. The Morgan fingerprint density at radius 2 is 1.67 bits per heavy atom. The molecule has 3 aliphatic carbocycles. The molecule has 0 aromatic heterocycles. The second-order valence-electron chi connectivity index (χ2n) is 5.89. The van der Waals surface area contributed by atoms with E-state index in [1.165, 1.54) is 25.7 Å². The highest BCUT2D eigenvalue weighted by atomic mass is 15.0. The van der Waals surface area contributed by atoms with Crippen LogP contribution in [0.4, 0.5) is 0 Å². The van der Waals surface area contributed by atoms with Crippen molar-refractivity contribution in [2.24, 2.45) is 28.9 Å². The zero-order valence-corrected chi connectivity index (χ0v) is 8.14. The van der Waals surface area contributed by atoms with Gasteiger partial charge in [0.1, 0.15) is 0 Å². The van der Waals surface area contributed by atoms with Crippen molar-refractivity contribution < 1.29 is 0 Å². The van der Waals surface area contributed by atoms with Gasteiger partial charge in [-0.15, -0.1) is 0 Å². The topological polar surface area (TPSA) is 26.0 Å². The first-order valence-electron chi connectivity index (χ1n) is 5.36. The molecule has 0 saturated heterocycles. The molecule has 3 atom stereocenters. The lowest BCUT2D eigenvalue weighted by atomic mass is 9.95. The zero-order chi connectivity index (χ0) is 8.56. The summed E-state index contributed by atoms with van der Waals surface area (Å²) in [4.78, 5) is 0. The molecule has 3 saturated carbocycles. The molecule has 0 aromatic rings. The SMILES string of the molecule is CC1(C)CC1C1(N)C2CCCC21. The molecule has 1 heteroatoms. The van der Waals surface area contributed by atoms with Crippen molar-refractivity contribution in [2.75, 3.05) is 0 Å². The second-order valence-corrected chi connectivity index (χ2v) is 5.89. The van der Waals surface area contributed by atoms with Crippen LogP contribution in [0.15, 0.2) is 0 Å². The van der Waals surface area contributed by atoms with Crippen LogP contribution >= 0.6 is 0 Å². The zero-order valence-electron chi connectivity index (χ0n) is 8.14. The van der Waals surface area contributed by atoms with Gasteiger partial charge in [-0.3, -0.25) is 0 Å². The summed E-state index contributed by atoms with van der Waals surface area (Å²) in [6.45, 7) is 4.75. The molecule has 3 rings (SSSR count). The molecule has 0 bridgehead atoms. The Kier molecular flexibility index (Phi) is 1.07. The maximum absolute atomic E-state index is 6.48. The van der Waals surface area contributed by atoms with Gasteiger partial charge < -0.3 is 5.73 Å². The quantitative estimate of drug-likeness (QED) is 0.633. The first kappa shape index (κ1) is 7.37. The average molecular weight is 165 g/mol. The predicted molar refractivity (Wildman–Crippen MR) is 49.6 cm³/mol. The van der Waals surface area contributed by atoms with Crippen molar-refractivity contribution >= 4 is 0 Å². The third-order valence-electron chi connectivity index (χ3n) is 4.81. The molecule has 0 spiro atoms. The Labute approximate surface area is 74.7 Å². The number of fused-ring (bicyclic) bond motifs is 1. The lowest BCUT2D eigenvalue weighted by Crippen LogP contribution is -2.33. The van der Waals surface area contributed by atoms with Crippen molar-refractivity contribution in [3.05, 3.63) is 0 Å². The van der Waals surface area contributed by atoms with Gasteiger partial charge in [-0.25, -0.2) is 0 Å². The minimum Gasteiger partial charge on any atom is -0.324 e. The Morgan fingerprint density at radius 1 is 1.17 bits per heavy atom. The lowest BCUT2D eigenvalue weighted by molar-refractivity contribution is 0.392. The van der Waals surface area contributed by atoms with Gasteiger partial charge in [0.05, 0.1) is 0 Å². The summed E-state index contributed by atoms with van der Waals surface area (Å²) in [5.41, 5.74) is 7.37. The molecular formula is C11H19N. The van der Waals surface area contributed by atoms with Crippen LogP contribution in [0.5, 0.6) is 0 Å². The van der Waals surface area contributed by atoms with E-state index in [9.17, 15) is 0 Å². The summed E-state index contributed by atoms with van der Waals surface area (Å²) in [7, 11) is 0. The summed E-state index contributed by atoms with van der Waals surface area (Å²) in [5, 5.41) is 0. The van der Waals surface area contributed by atoms with Crippen LogP contribution in [-0.2, 0) is 0 Å². The first-order chi connectivity index (χ1) is 5.57. The Balaban J connectivity index is 1.79. The molecule has 0 heterocycles. The highest BCUT2D eigenvalue weighted by Gasteiger charge is 2.73. The normalized spacial score (nSPS) is 59.8. The summed E-state index contributed by atoms with van der Waals surface area (Å²) in [5.74, 6) is 2.70. The maximum atomic E-state index is 6.48. The van der Waals surface area contributed by atoms with Crippen LogP contribution < -0.4 is 5.73 Å². The largest absolute Gasteiger partial charge is 0.324 e. The molecule has 3 unspecified atom stereocenters. The molecule has 0 radical (unpaired) electrons. The van der Waals surface area contributed by atoms with E-state index in [0.29, 0.717) is 11.0 Å². The molecular weight excluding hydrogens is 146 g/mol. The Hall–Kier alpha value is -0.0400. The molecule has 3 aliphatic rings. The molecule has 0 amide bonds. The fourth-order valence-corrected chi connectivity index (χ4v) is 3.89. The third kappa shape index (κ3) is 0.654. The van der Waals surface area contributed by atoms with Crippen molar-refractivity contribution in [2.45, 2.75) is 45.1 Å². The highest BCUT2D eigenvalue weighted by molar-refractivity contribution is 5.27. The van der Waals surface area contributed by atoms with E-state index < -0.39 is 0 Å². The lowest BCUT2D eigenvalue weighted by Gasteiger charge is -2.16. The fraction of sp³-hybridized carbons (Fsp3) is 1.00. The van der Waals surface area contributed by atoms with E-state index in [-0.39, 0.29) is 0 Å². The predicted octanol–water partition coefficient (Wildman–Crippen LogP) is 2.16. The maximum Gasteiger partial charge on any atom is 0.0252 e. The van der Waals surface area contributed by atoms with Gasteiger partial charge in [-0.05, 0) is 42.4 Å². The van der Waals surface area contributed by atoms with Crippen LogP contribution in [-0.4, -0.2) is 5.54 Å². The van der Waals surface area contributed by atoms with Crippen LogP contribution in [0.2, 0.25) is 0 Å². The van der Waals surface area contributed by atoms with Gasteiger partial charge in [0, 0.05) is 5.54 Å². The number of hydrogen-bond acceptors (Lipinski definition) is 1. The summed E-state index contributed by atoms with van der Waals surface area (Å²) in [6.07, 6.45) is 5.68. The van der Waals surface area contributed by atoms with Crippen LogP contribution in [0.25, 0.3) is 0 Å². The van der Waals surface area contributed by atoms with Crippen molar-refractivity contribution in [3.63, 3.8) is 0 Å². The average Bonchev–Trinajstić information content (AvgIpc) is 2.70. The van der Waals surface area contributed by atoms with Crippen molar-refractivity contribution in [1.29, 1.82) is 0 Å². The third-order valence-corrected chi connectivity index (χ3v) is 4.81. The van der Waals surface area contributed by atoms with Gasteiger partial charge in [0.15, 0.2) is 0 Å². The van der Waals surface area contributed by atoms with Crippen LogP contribution in [0.1, 0.15) is 39.5 Å². The van der Waals surface area contributed by atoms with Gasteiger partial charge >= 0.3 is 0 Å². The molecule has 0 aliphatic heterocycles. The molecule has 2 N–H and O–H groups in total. The van der Waals surface area contributed by atoms with Crippen molar-refractivity contribution in [3.8, 4) is 0 Å². The molecule has 3 fully saturated rings. The van der Waals surface area contributed by atoms with Gasteiger partial charge in [0.2, 0.25) is 0 Å². The highest BCUT2D eigenvalue weighted by Crippen LogP contribution is 2.72. The van der Waals surface area contributed by atoms with E-state index >= 15 is 0 Å². The Morgan fingerprint density at radius 3 is 2.08 bits per heavy atom. The van der Waals surface area contributed by atoms with E-state index in [1.807, 2.05) is 0 Å². The number of hydrogen-bond donors (Lipinski definition) is 1. The molecule has 0 aromatic carbocycles. The summed E-state index contributed by atoms with van der Waals surface area (Å²) < 4.78 is 0. The van der Waals surface area contributed by atoms with E-state index in [2.05, 4.69) is 13.8 Å². The minimum absolute atomic E-state index is 0.307. The van der Waals surface area contributed by atoms with Crippen molar-refractivity contribution in [1.82, 2.24) is 0 Å². The van der Waals surface area contributed by atoms with Gasteiger partial charge in [-0.1, -0.05) is 20.3 Å². The molecule has 12 heavy (non-hydrogen) atoms. The number of rotatable bonds is 1. The first-order valence-corrected chi connectivity index (χ1v) is 5.36. The fourth-order valence-electron chi connectivity index (χ4n) is 3.89. The van der Waals surface area contributed by atoms with Gasteiger partial charge in [-0.2, -0.15) is 0 Å². The number of nitrogens with two attached hydrogens (primary N) is 1. The Bertz CT molecular complexity index is 221. The summed E-state index contributed by atoms with van der Waals surface area (Å²) in [6, 6.07) is 0. The smallest absolute Gasteiger partial charge is 0.0252 e. The molecule has 68 valence electrons. The van der Waals surface area contributed by atoms with Crippen LogP contribution in [0.3, 0.4) is 0 Å². The van der Waals surface area contributed by atoms with E-state index in [0.717, 1.165) is 17.8 Å². The molecule has 1 nitrogen and oxygen atoms in total. The standard InChI is InChI=1S/C11H19N/c1-10(2)6-9(10)11(12)7-4-3-5-8(7)11/h7-9H,3-6,12H2,1-2H3. The summed E-state index contributed by atoms with van der Waals surface area (Å²) >= 11 is 0. The van der Waals surface area contributed by atoms with Gasteiger partial charge in [0.25, 0.3) is 0 Å². The van der Waals surface area contributed by atoms with E-state index in [4.69, 9.17) is 5.73 Å². The second kappa shape index (κ2) is 1.75. The van der Waals surface area contributed by atoms with E-state index in [1.54, 1.807) is 0 Å². The minimum atomic E-state index is 0.307. The van der Waals surface area contributed by atoms with Crippen LogP contribution in [0, 0.1) is 23.2 Å².